The Kier molecular flexibility index (Phi) is 2.84. The normalized spacial score (nSPS) is 20.9. The Morgan fingerprint density at radius 2 is 2.08 bits per heavy atom. The molecule has 76 valence electrons. The zero-order chi connectivity index (χ0) is 10.1. The summed E-state index contributed by atoms with van der Waals surface area (Å²) in [4.78, 5) is 6.71. The summed E-state index contributed by atoms with van der Waals surface area (Å²) in [5.74, 6) is 1.04. The average Bonchev–Trinajstić information content (AvgIpc) is 2.03. The van der Waals surface area contributed by atoms with Crippen LogP contribution in [0, 0.1) is 5.41 Å². The predicted molar refractivity (Wildman–Crippen MR) is 57.0 cm³/mol. The minimum atomic E-state index is 0.307. The fourth-order valence-corrected chi connectivity index (χ4v) is 1.20. The highest BCUT2D eigenvalue weighted by Crippen LogP contribution is 2.17. The molecule has 0 aromatic rings. The van der Waals surface area contributed by atoms with Gasteiger partial charge in [-0.3, -0.25) is 4.99 Å². The minimum absolute atomic E-state index is 0.307. The molecular weight excluding hydrogens is 162 g/mol. The summed E-state index contributed by atoms with van der Waals surface area (Å²) in [6.45, 7) is 10.7. The molecule has 13 heavy (non-hydrogen) atoms. The first-order chi connectivity index (χ1) is 5.92. The molecule has 0 aliphatic carbocycles. The van der Waals surface area contributed by atoms with Crippen LogP contribution < -0.4 is 5.32 Å². The third-order valence-corrected chi connectivity index (χ3v) is 2.49. The molecule has 0 saturated heterocycles. The molecule has 0 aromatic carbocycles. The lowest BCUT2D eigenvalue weighted by Gasteiger charge is -2.34. The van der Waals surface area contributed by atoms with E-state index in [0.717, 1.165) is 19.0 Å². The molecule has 1 rings (SSSR count). The molecule has 0 amide bonds. The molecule has 0 saturated carbocycles. The number of nitrogens with zero attached hydrogens (tertiary/aromatic N) is 2. The molecule has 0 radical (unpaired) electrons. The van der Waals surface area contributed by atoms with Gasteiger partial charge in [-0.15, -0.1) is 0 Å². The van der Waals surface area contributed by atoms with Gasteiger partial charge in [0.1, 0.15) is 0 Å². The van der Waals surface area contributed by atoms with E-state index in [9.17, 15) is 0 Å². The monoisotopic (exact) mass is 183 g/mol. The standard InChI is InChI=1S/C10H21N3/c1-8(2)13(5)9-11-6-10(3,4)7-12-9/h8H,6-7H2,1-5H3,(H,11,12). The summed E-state index contributed by atoms with van der Waals surface area (Å²) in [6.07, 6.45) is 0. The van der Waals surface area contributed by atoms with Crippen molar-refractivity contribution in [3.05, 3.63) is 0 Å². The SMILES string of the molecule is CC(C)N(C)C1=NCC(C)(C)CN1. The van der Waals surface area contributed by atoms with Gasteiger partial charge in [0.05, 0.1) is 0 Å². The molecule has 1 aliphatic heterocycles. The average molecular weight is 183 g/mol. The number of hydrogen-bond acceptors (Lipinski definition) is 3. The molecule has 1 N–H and O–H groups in total. The van der Waals surface area contributed by atoms with Crippen molar-refractivity contribution >= 4 is 5.96 Å². The van der Waals surface area contributed by atoms with Crippen LogP contribution in [0.3, 0.4) is 0 Å². The smallest absolute Gasteiger partial charge is 0.193 e. The third kappa shape index (κ3) is 2.61. The van der Waals surface area contributed by atoms with E-state index in [1.54, 1.807) is 0 Å². The Morgan fingerprint density at radius 3 is 2.46 bits per heavy atom. The lowest BCUT2D eigenvalue weighted by Crippen LogP contribution is -2.49. The zero-order valence-electron chi connectivity index (χ0n) is 9.39. The second-order valence-electron chi connectivity index (χ2n) is 4.86. The Morgan fingerprint density at radius 1 is 1.46 bits per heavy atom. The van der Waals surface area contributed by atoms with Gasteiger partial charge in [-0.1, -0.05) is 13.8 Å². The molecule has 0 fully saturated rings. The van der Waals surface area contributed by atoms with Gasteiger partial charge in [-0.05, 0) is 13.8 Å². The van der Waals surface area contributed by atoms with E-state index >= 15 is 0 Å². The molecule has 3 nitrogen and oxygen atoms in total. The summed E-state index contributed by atoms with van der Waals surface area (Å²) in [6, 6.07) is 0.507. The van der Waals surface area contributed by atoms with Gasteiger partial charge in [-0.2, -0.15) is 0 Å². The van der Waals surface area contributed by atoms with E-state index in [2.05, 4.69) is 50.0 Å². The molecule has 0 aromatic heterocycles. The maximum Gasteiger partial charge on any atom is 0.193 e. The van der Waals surface area contributed by atoms with Crippen LogP contribution in [0.5, 0.6) is 0 Å². The van der Waals surface area contributed by atoms with Gasteiger partial charge in [0, 0.05) is 31.6 Å². The van der Waals surface area contributed by atoms with Crippen molar-refractivity contribution in [2.75, 3.05) is 20.1 Å². The van der Waals surface area contributed by atoms with E-state index < -0.39 is 0 Å². The summed E-state index contributed by atoms with van der Waals surface area (Å²) in [5.41, 5.74) is 0.307. The van der Waals surface area contributed by atoms with Crippen molar-refractivity contribution < 1.29 is 0 Å². The molecule has 3 heteroatoms. The number of nitrogens with one attached hydrogen (secondary N) is 1. The van der Waals surface area contributed by atoms with E-state index in [1.807, 2.05) is 0 Å². The first-order valence-corrected chi connectivity index (χ1v) is 4.93. The van der Waals surface area contributed by atoms with Crippen molar-refractivity contribution in [2.24, 2.45) is 10.4 Å². The van der Waals surface area contributed by atoms with Gasteiger partial charge < -0.3 is 10.2 Å². The number of hydrogen-bond donors (Lipinski definition) is 1. The molecule has 1 heterocycles. The zero-order valence-corrected chi connectivity index (χ0v) is 9.39. The Hall–Kier alpha value is -0.730. The minimum Gasteiger partial charge on any atom is -0.356 e. The molecule has 1 aliphatic rings. The van der Waals surface area contributed by atoms with E-state index in [4.69, 9.17) is 0 Å². The molecule has 0 atom stereocenters. The topological polar surface area (TPSA) is 27.6 Å². The number of aliphatic imine (C=N–C) groups is 1. The van der Waals surface area contributed by atoms with Crippen molar-refractivity contribution in [1.82, 2.24) is 10.2 Å². The fraction of sp³-hybridized carbons (Fsp3) is 0.900. The van der Waals surface area contributed by atoms with Gasteiger partial charge in [-0.25, -0.2) is 0 Å². The van der Waals surface area contributed by atoms with Crippen LogP contribution in [0.4, 0.5) is 0 Å². The van der Waals surface area contributed by atoms with Crippen LogP contribution in [0.1, 0.15) is 27.7 Å². The highest BCUT2D eigenvalue weighted by atomic mass is 15.3. The highest BCUT2D eigenvalue weighted by molar-refractivity contribution is 5.80. The van der Waals surface area contributed by atoms with Crippen LogP contribution in [-0.4, -0.2) is 37.0 Å². The summed E-state index contributed by atoms with van der Waals surface area (Å²) < 4.78 is 0. The van der Waals surface area contributed by atoms with Crippen LogP contribution in [0.25, 0.3) is 0 Å². The largest absolute Gasteiger partial charge is 0.356 e. The highest BCUT2D eigenvalue weighted by Gasteiger charge is 2.24. The Bertz CT molecular complexity index is 206. The lowest BCUT2D eigenvalue weighted by atomic mass is 9.93. The Balaban J connectivity index is 2.60. The van der Waals surface area contributed by atoms with Crippen LogP contribution in [-0.2, 0) is 0 Å². The second-order valence-corrected chi connectivity index (χ2v) is 4.86. The first-order valence-electron chi connectivity index (χ1n) is 4.93. The van der Waals surface area contributed by atoms with Gasteiger partial charge >= 0.3 is 0 Å². The molecule has 0 spiro atoms. The predicted octanol–water partition coefficient (Wildman–Crippen LogP) is 1.31. The van der Waals surface area contributed by atoms with Gasteiger partial charge in [0.25, 0.3) is 0 Å². The van der Waals surface area contributed by atoms with Crippen LogP contribution in [0.2, 0.25) is 0 Å². The van der Waals surface area contributed by atoms with Crippen molar-refractivity contribution in [3.8, 4) is 0 Å². The third-order valence-electron chi connectivity index (χ3n) is 2.49. The molecule has 0 bridgehead atoms. The number of rotatable bonds is 1. The van der Waals surface area contributed by atoms with Crippen molar-refractivity contribution in [1.29, 1.82) is 0 Å². The van der Waals surface area contributed by atoms with Gasteiger partial charge in [0.2, 0.25) is 0 Å². The summed E-state index contributed by atoms with van der Waals surface area (Å²) in [7, 11) is 2.08. The summed E-state index contributed by atoms with van der Waals surface area (Å²) >= 11 is 0. The van der Waals surface area contributed by atoms with E-state index in [1.165, 1.54) is 0 Å². The van der Waals surface area contributed by atoms with Crippen molar-refractivity contribution in [2.45, 2.75) is 33.7 Å². The second kappa shape index (κ2) is 3.56. The molecule has 0 unspecified atom stereocenters. The first kappa shape index (κ1) is 10.4. The van der Waals surface area contributed by atoms with E-state index in [-0.39, 0.29) is 0 Å². The number of guanidine groups is 1. The van der Waals surface area contributed by atoms with Crippen LogP contribution in [0.15, 0.2) is 4.99 Å². The lowest BCUT2D eigenvalue weighted by molar-refractivity contribution is 0.324. The van der Waals surface area contributed by atoms with Crippen LogP contribution >= 0.6 is 0 Å². The van der Waals surface area contributed by atoms with Gasteiger partial charge in [0.15, 0.2) is 5.96 Å². The van der Waals surface area contributed by atoms with Crippen molar-refractivity contribution in [3.63, 3.8) is 0 Å². The fourth-order valence-electron chi connectivity index (χ4n) is 1.20. The maximum atomic E-state index is 4.53. The van der Waals surface area contributed by atoms with E-state index in [0.29, 0.717) is 11.5 Å². The molecular formula is C10H21N3. The quantitative estimate of drug-likeness (QED) is 0.664. The maximum absolute atomic E-state index is 4.53. The summed E-state index contributed by atoms with van der Waals surface area (Å²) in [5, 5.41) is 3.37. The Labute approximate surface area is 81.2 Å².